The summed E-state index contributed by atoms with van der Waals surface area (Å²) in [5.41, 5.74) is 10.2. The molecule has 4 aromatic carbocycles. The first-order valence-electron chi connectivity index (χ1n) is 13.9. The fraction of sp³-hybridized carbons (Fsp3) is 0. The molecule has 5 aromatic heterocycles. The van der Waals surface area contributed by atoms with Crippen LogP contribution in [0.25, 0.3) is 77.8 Å². The fourth-order valence-electron chi connectivity index (χ4n) is 6.18. The zero-order valence-electron chi connectivity index (χ0n) is 22.4. The van der Waals surface area contributed by atoms with E-state index in [0.717, 1.165) is 55.8 Å². The topological polar surface area (TPSA) is 60.9 Å². The molecule has 9 aromatic rings. The first-order chi connectivity index (χ1) is 20.8. The lowest BCUT2D eigenvalue weighted by molar-refractivity contribution is 1.00. The number of benzene rings is 4. The summed E-state index contributed by atoms with van der Waals surface area (Å²) >= 11 is 0. The Bertz CT molecular complexity index is 2250. The highest BCUT2D eigenvalue weighted by Crippen LogP contribution is 2.40. The molecule has 0 aliphatic rings. The Morgan fingerprint density at radius 3 is 1.95 bits per heavy atom. The van der Waals surface area contributed by atoms with E-state index in [0.29, 0.717) is 5.82 Å². The molecule has 0 saturated carbocycles. The summed E-state index contributed by atoms with van der Waals surface area (Å²) in [7, 11) is 0. The molecule has 0 atom stereocenters. The second kappa shape index (κ2) is 8.81. The van der Waals surface area contributed by atoms with E-state index >= 15 is 0 Å². The summed E-state index contributed by atoms with van der Waals surface area (Å²) in [6.45, 7) is 0. The van der Waals surface area contributed by atoms with Gasteiger partial charge in [0.15, 0.2) is 5.82 Å². The molecule has 0 N–H and O–H groups in total. The van der Waals surface area contributed by atoms with Crippen LogP contribution in [0.3, 0.4) is 0 Å². The average molecular weight is 539 g/mol. The molecule has 0 aliphatic heterocycles. The van der Waals surface area contributed by atoms with Crippen molar-refractivity contribution in [2.24, 2.45) is 0 Å². The van der Waals surface area contributed by atoms with Crippen molar-refractivity contribution >= 4 is 38.2 Å². The number of nitrogens with zero attached hydrogens (tertiary/aromatic N) is 6. The molecule has 0 aliphatic carbocycles. The number of pyridine rings is 2. The van der Waals surface area contributed by atoms with Gasteiger partial charge in [0.25, 0.3) is 0 Å². The zero-order chi connectivity index (χ0) is 27.6. The van der Waals surface area contributed by atoms with Gasteiger partial charge in [-0.25, -0.2) is 14.5 Å². The van der Waals surface area contributed by atoms with Crippen molar-refractivity contribution in [2.45, 2.75) is 0 Å². The molecule has 0 fully saturated rings. The molecule has 5 heterocycles. The van der Waals surface area contributed by atoms with Crippen LogP contribution in [0.2, 0.25) is 0 Å². The van der Waals surface area contributed by atoms with Crippen molar-refractivity contribution in [1.82, 2.24) is 29.1 Å². The van der Waals surface area contributed by atoms with Gasteiger partial charge in [-0.1, -0.05) is 84.9 Å². The summed E-state index contributed by atoms with van der Waals surface area (Å²) in [4.78, 5) is 14.6. The van der Waals surface area contributed by atoms with Crippen molar-refractivity contribution in [3.63, 3.8) is 0 Å². The summed E-state index contributed by atoms with van der Waals surface area (Å²) < 4.78 is 4.29. The van der Waals surface area contributed by atoms with E-state index in [2.05, 4.69) is 93.5 Å². The zero-order valence-corrected chi connectivity index (χ0v) is 22.4. The molecule has 42 heavy (non-hydrogen) atoms. The second-order valence-corrected chi connectivity index (χ2v) is 10.5. The highest BCUT2D eigenvalue weighted by molar-refractivity contribution is 6.26. The normalized spacial score (nSPS) is 11.8. The Hall–Kier alpha value is -5.88. The molecule has 9 rings (SSSR count). The van der Waals surface area contributed by atoms with Gasteiger partial charge in [-0.3, -0.25) is 4.98 Å². The van der Waals surface area contributed by atoms with Crippen LogP contribution in [-0.2, 0) is 0 Å². The third-order valence-corrected chi connectivity index (χ3v) is 8.08. The highest BCUT2D eigenvalue weighted by Gasteiger charge is 2.20. The van der Waals surface area contributed by atoms with Crippen LogP contribution in [0, 0.1) is 0 Å². The second-order valence-electron chi connectivity index (χ2n) is 10.5. The lowest BCUT2D eigenvalue weighted by atomic mass is 10.1. The molecule has 0 radical (unpaired) electrons. The minimum Gasteiger partial charge on any atom is -0.308 e. The SMILES string of the molecule is c1ccc(-c2cc(-c3ccc(-n4c5cccc6c5c5c4cncc5n4nccc64)cc3)nc(-c3ccccc3)n2)cc1. The van der Waals surface area contributed by atoms with Gasteiger partial charge in [-0.05, 0) is 30.3 Å². The monoisotopic (exact) mass is 538 g/mol. The number of fused-ring (bicyclic) bond motifs is 3. The first kappa shape index (κ1) is 22.9. The lowest BCUT2D eigenvalue weighted by Gasteiger charge is -2.11. The number of aromatic nitrogens is 6. The molecule has 0 saturated heterocycles. The van der Waals surface area contributed by atoms with Crippen LogP contribution in [0.5, 0.6) is 0 Å². The maximum Gasteiger partial charge on any atom is 0.160 e. The van der Waals surface area contributed by atoms with E-state index in [-0.39, 0.29) is 0 Å². The van der Waals surface area contributed by atoms with Crippen molar-refractivity contribution in [2.75, 3.05) is 0 Å². The molecule has 196 valence electrons. The standard InChI is InChI=1S/C36H22N6/c1-3-8-23(9-4-1)28-20-29(40-36(39-28)25-10-5-2-6-11-25)24-14-16-26(17-15-24)41-31-13-7-12-27-30-18-19-38-42(30)33-22-37-21-32(41)35(33)34(27)31/h1-22H. The summed E-state index contributed by atoms with van der Waals surface area (Å²) in [6, 6.07) is 39.6. The van der Waals surface area contributed by atoms with Crippen molar-refractivity contribution < 1.29 is 0 Å². The summed E-state index contributed by atoms with van der Waals surface area (Å²) in [5.74, 6) is 0.709. The Morgan fingerprint density at radius 1 is 0.500 bits per heavy atom. The first-order valence-corrected chi connectivity index (χ1v) is 13.9. The minimum absolute atomic E-state index is 0.709. The van der Waals surface area contributed by atoms with E-state index in [1.165, 1.54) is 16.2 Å². The average Bonchev–Trinajstić information content (AvgIpc) is 3.70. The van der Waals surface area contributed by atoms with Crippen LogP contribution in [0.1, 0.15) is 0 Å². The number of rotatable bonds is 4. The summed E-state index contributed by atoms with van der Waals surface area (Å²) in [5, 5.41) is 8.20. The lowest BCUT2D eigenvalue weighted by Crippen LogP contribution is -1.97. The Morgan fingerprint density at radius 2 is 1.19 bits per heavy atom. The summed E-state index contributed by atoms with van der Waals surface area (Å²) in [6.07, 6.45) is 5.71. The molecule has 0 bridgehead atoms. The van der Waals surface area contributed by atoms with Gasteiger partial charge in [0.2, 0.25) is 0 Å². The largest absolute Gasteiger partial charge is 0.308 e. The van der Waals surface area contributed by atoms with E-state index in [4.69, 9.17) is 9.97 Å². The van der Waals surface area contributed by atoms with Gasteiger partial charge in [-0.15, -0.1) is 0 Å². The maximum atomic E-state index is 5.00. The predicted octanol–water partition coefficient (Wildman–Crippen LogP) is 8.21. The Labute approximate surface area is 240 Å². The third kappa shape index (κ3) is 3.32. The quantitative estimate of drug-likeness (QED) is 0.212. The van der Waals surface area contributed by atoms with Gasteiger partial charge in [-0.2, -0.15) is 5.10 Å². The molecule has 6 nitrogen and oxygen atoms in total. The van der Waals surface area contributed by atoms with Gasteiger partial charge in [0.1, 0.15) is 0 Å². The molecule has 6 heteroatoms. The molecule has 0 unspecified atom stereocenters. The van der Waals surface area contributed by atoms with Crippen LogP contribution < -0.4 is 0 Å². The molecular weight excluding hydrogens is 516 g/mol. The molecule has 0 amide bonds. The van der Waals surface area contributed by atoms with E-state index in [9.17, 15) is 0 Å². The van der Waals surface area contributed by atoms with Crippen LogP contribution in [0.15, 0.2) is 134 Å². The predicted molar refractivity (Wildman–Crippen MR) is 168 cm³/mol. The van der Waals surface area contributed by atoms with Crippen LogP contribution in [0.4, 0.5) is 0 Å². The molecular formula is C36H22N6. The molecule has 0 spiro atoms. The maximum absolute atomic E-state index is 5.00. The van der Waals surface area contributed by atoms with Crippen molar-refractivity contribution in [3.05, 3.63) is 134 Å². The van der Waals surface area contributed by atoms with Gasteiger partial charge in [0, 0.05) is 38.5 Å². The minimum atomic E-state index is 0.709. The van der Waals surface area contributed by atoms with Gasteiger partial charge >= 0.3 is 0 Å². The van der Waals surface area contributed by atoms with Crippen molar-refractivity contribution in [1.29, 1.82) is 0 Å². The van der Waals surface area contributed by atoms with E-state index in [1.54, 1.807) is 0 Å². The van der Waals surface area contributed by atoms with E-state index < -0.39 is 0 Å². The van der Waals surface area contributed by atoms with Crippen LogP contribution in [-0.4, -0.2) is 29.1 Å². The smallest absolute Gasteiger partial charge is 0.160 e. The third-order valence-electron chi connectivity index (χ3n) is 8.08. The fourth-order valence-corrected chi connectivity index (χ4v) is 6.18. The number of hydrogen-bond donors (Lipinski definition) is 0. The Kier molecular flexibility index (Phi) is 4.80. The van der Waals surface area contributed by atoms with Crippen molar-refractivity contribution in [3.8, 4) is 39.6 Å². The van der Waals surface area contributed by atoms with Gasteiger partial charge in [0.05, 0.1) is 52.0 Å². The van der Waals surface area contributed by atoms with Crippen LogP contribution >= 0.6 is 0 Å². The van der Waals surface area contributed by atoms with Gasteiger partial charge < -0.3 is 4.57 Å². The highest BCUT2D eigenvalue weighted by atomic mass is 15.2. The Balaban J connectivity index is 1.22. The van der Waals surface area contributed by atoms with E-state index in [1.807, 2.05) is 59.5 Å². The number of hydrogen-bond acceptors (Lipinski definition) is 4.